The van der Waals surface area contributed by atoms with E-state index in [-0.39, 0.29) is 28.5 Å². The number of halogens is 2. The van der Waals surface area contributed by atoms with E-state index in [0.29, 0.717) is 17.6 Å². The number of amides is 1. The summed E-state index contributed by atoms with van der Waals surface area (Å²) in [4.78, 5) is 44.4. The number of nitrogens with zero attached hydrogens (tertiary/aromatic N) is 3. The van der Waals surface area contributed by atoms with Crippen molar-refractivity contribution in [2.24, 2.45) is 0 Å². The highest BCUT2D eigenvalue weighted by Gasteiger charge is 2.25. The van der Waals surface area contributed by atoms with Crippen molar-refractivity contribution in [2.45, 2.75) is 32.9 Å². The summed E-state index contributed by atoms with van der Waals surface area (Å²) in [7, 11) is 0. The molecule has 4 rings (SSSR count). The van der Waals surface area contributed by atoms with Gasteiger partial charge in [0, 0.05) is 6.20 Å². The highest BCUT2D eigenvalue weighted by Crippen LogP contribution is 2.21. The third kappa shape index (κ3) is 4.36. The molecule has 2 aromatic heterocycles. The van der Waals surface area contributed by atoms with Gasteiger partial charge < -0.3 is 5.32 Å². The molecule has 9 heteroatoms. The molecule has 0 aliphatic heterocycles. The lowest BCUT2D eigenvalue weighted by Gasteiger charge is -2.22. The molecule has 0 radical (unpaired) electrons. The number of carbonyl (C=O) groups is 1. The molecule has 1 amide bonds. The monoisotopic (exact) mass is 480 g/mol. The maximum absolute atomic E-state index is 13.8. The number of carbonyl (C=O) groups excluding carboxylic acids is 1. The number of nitrogens with one attached hydrogen (secondary N) is 1. The molecule has 0 spiro atoms. The molecule has 0 aliphatic carbocycles. The maximum atomic E-state index is 13.8. The fourth-order valence-electron chi connectivity index (χ4n) is 3.89. The number of rotatable bonds is 6. The quantitative estimate of drug-likeness (QED) is 0.453. The van der Waals surface area contributed by atoms with E-state index in [4.69, 9.17) is 11.6 Å². The van der Waals surface area contributed by atoms with Gasteiger partial charge in [0.2, 0.25) is 5.91 Å². The lowest BCUT2D eigenvalue weighted by atomic mass is 10.1. The van der Waals surface area contributed by atoms with Gasteiger partial charge in [0.1, 0.15) is 11.9 Å². The average molecular weight is 481 g/mol. The van der Waals surface area contributed by atoms with Crippen LogP contribution in [-0.4, -0.2) is 20.0 Å². The molecule has 0 fully saturated rings. The van der Waals surface area contributed by atoms with Gasteiger partial charge in [0.05, 0.1) is 33.9 Å². The minimum atomic E-state index is -0.899. The van der Waals surface area contributed by atoms with Crippen molar-refractivity contribution in [3.63, 3.8) is 0 Å². The fourth-order valence-corrected chi connectivity index (χ4v) is 4.06. The number of pyridine rings is 1. The Kier molecular flexibility index (Phi) is 6.61. The van der Waals surface area contributed by atoms with Crippen molar-refractivity contribution in [1.29, 1.82) is 0 Å². The Morgan fingerprint density at radius 2 is 1.94 bits per heavy atom. The predicted molar refractivity (Wildman–Crippen MR) is 129 cm³/mol. The first kappa shape index (κ1) is 23.4. The Morgan fingerprint density at radius 1 is 1.15 bits per heavy atom. The summed E-state index contributed by atoms with van der Waals surface area (Å²) in [6.45, 7) is 3.79. The third-order valence-electron chi connectivity index (χ3n) is 5.57. The van der Waals surface area contributed by atoms with Gasteiger partial charge in [-0.3, -0.25) is 19.1 Å². The Labute approximate surface area is 199 Å². The minimum Gasteiger partial charge on any atom is -0.349 e. The van der Waals surface area contributed by atoms with E-state index in [1.807, 2.05) is 13.0 Å². The van der Waals surface area contributed by atoms with Gasteiger partial charge in [0.25, 0.3) is 5.56 Å². The van der Waals surface area contributed by atoms with Crippen molar-refractivity contribution >= 4 is 28.4 Å². The van der Waals surface area contributed by atoms with Crippen molar-refractivity contribution in [1.82, 2.24) is 19.4 Å². The predicted octanol–water partition coefficient (Wildman–Crippen LogP) is 3.92. The molecule has 0 bridgehead atoms. The summed E-state index contributed by atoms with van der Waals surface area (Å²) in [5, 5.41) is 2.86. The molecular formula is C25H22ClFN4O3. The molecule has 0 saturated carbocycles. The summed E-state index contributed by atoms with van der Waals surface area (Å²) in [5.41, 5.74) is 0.637. The molecule has 1 atom stereocenters. The molecule has 4 aromatic rings. The minimum absolute atomic E-state index is 0.113. The van der Waals surface area contributed by atoms with E-state index in [1.54, 1.807) is 43.5 Å². The second-order valence-corrected chi connectivity index (χ2v) is 8.28. The van der Waals surface area contributed by atoms with Gasteiger partial charge in [-0.15, -0.1) is 0 Å². The molecule has 1 N–H and O–H groups in total. The second-order valence-electron chi connectivity index (χ2n) is 7.88. The lowest BCUT2D eigenvalue weighted by Crippen LogP contribution is -2.44. The van der Waals surface area contributed by atoms with Crippen LogP contribution in [0.25, 0.3) is 16.6 Å². The molecular weight excluding hydrogens is 459 g/mol. The molecule has 7 nitrogen and oxygen atoms in total. The van der Waals surface area contributed by atoms with Crippen LogP contribution in [0.15, 0.2) is 70.4 Å². The molecule has 174 valence electrons. The van der Waals surface area contributed by atoms with Crippen LogP contribution in [0.2, 0.25) is 5.02 Å². The van der Waals surface area contributed by atoms with Gasteiger partial charge in [-0.05, 0) is 55.8 Å². The standard InChI is InChI=1S/C25H22ClFN4O3/c1-3-21(23(32)29-14-16-6-4-5-11-28-16)31-22-10-7-15(2)12-18(22)24(33)30(25(31)34)17-8-9-20(27)19(26)13-17/h4-13,21H,3,14H2,1-2H3,(H,29,32)/t21-/m1/s1. The van der Waals surface area contributed by atoms with Gasteiger partial charge in [0.15, 0.2) is 0 Å². The molecule has 0 unspecified atom stereocenters. The molecule has 2 aromatic carbocycles. The number of aryl methyl sites for hydroxylation is 1. The zero-order chi connectivity index (χ0) is 24.4. The van der Waals surface area contributed by atoms with Crippen LogP contribution in [0.4, 0.5) is 4.39 Å². The highest BCUT2D eigenvalue weighted by atomic mass is 35.5. The van der Waals surface area contributed by atoms with Crippen molar-refractivity contribution < 1.29 is 9.18 Å². The van der Waals surface area contributed by atoms with Crippen LogP contribution in [0.1, 0.15) is 30.6 Å². The summed E-state index contributed by atoms with van der Waals surface area (Å²) in [5.74, 6) is -1.06. The zero-order valence-corrected chi connectivity index (χ0v) is 19.3. The first-order valence-corrected chi connectivity index (χ1v) is 11.1. The summed E-state index contributed by atoms with van der Waals surface area (Å²) in [6.07, 6.45) is 1.92. The van der Waals surface area contributed by atoms with Gasteiger partial charge in [-0.1, -0.05) is 36.2 Å². The molecule has 0 saturated heterocycles. The van der Waals surface area contributed by atoms with Gasteiger partial charge >= 0.3 is 5.69 Å². The van der Waals surface area contributed by atoms with Crippen LogP contribution < -0.4 is 16.6 Å². The number of fused-ring (bicyclic) bond motifs is 1. The Morgan fingerprint density at radius 3 is 2.62 bits per heavy atom. The van der Waals surface area contributed by atoms with E-state index in [9.17, 15) is 18.8 Å². The normalized spacial score (nSPS) is 12.0. The first-order valence-electron chi connectivity index (χ1n) is 10.7. The number of benzene rings is 2. The van der Waals surface area contributed by atoms with Crippen LogP contribution in [0, 0.1) is 12.7 Å². The van der Waals surface area contributed by atoms with Gasteiger partial charge in [-0.2, -0.15) is 0 Å². The third-order valence-corrected chi connectivity index (χ3v) is 5.86. The van der Waals surface area contributed by atoms with Gasteiger partial charge in [-0.25, -0.2) is 13.8 Å². The number of aromatic nitrogens is 3. The van der Waals surface area contributed by atoms with Crippen LogP contribution in [0.3, 0.4) is 0 Å². The van der Waals surface area contributed by atoms with Crippen LogP contribution >= 0.6 is 11.6 Å². The molecule has 2 heterocycles. The largest absolute Gasteiger partial charge is 0.349 e. The van der Waals surface area contributed by atoms with Crippen molar-refractivity contribution in [2.75, 3.05) is 0 Å². The number of hydrogen-bond donors (Lipinski definition) is 1. The highest BCUT2D eigenvalue weighted by molar-refractivity contribution is 6.30. The summed E-state index contributed by atoms with van der Waals surface area (Å²) < 4.78 is 16.0. The Balaban J connectivity index is 1.89. The second kappa shape index (κ2) is 9.61. The van der Waals surface area contributed by atoms with E-state index in [1.165, 1.54) is 16.7 Å². The van der Waals surface area contributed by atoms with E-state index < -0.39 is 23.1 Å². The van der Waals surface area contributed by atoms with Crippen molar-refractivity contribution in [3.8, 4) is 5.69 Å². The average Bonchev–Trinajstić information content (AvgIpc) is 2.83. The topological polar surface area (TPSA) is 86.0 Å². The van der Waals surface area contributed by atoms with E-state index in [0.717, 1.165) is 16.2 Å². The molecule has 0 aliphatic rings. The number of hydrogen-bond acceptors (Lipinski definition) is 4. The summed E-state index contributed by atoms with van der Waals surface area (Å²) in [6, 6.07) is 13.2. The Hall–Kier alpha value is -3.78. The zero-order valence-electron chi connectivity index (χ0n) is 18.6. The van der Waals surface area contributed by atoms with Crippen molar-refractivity contribution in [3.05, 3.63) is 104 Å². The Bertz CT molecular complexity index is 1500. The maximum Gasteiger partial charge on any atom is 0.336 e. The van der Waals surface area contributed by atoms with Crippen LogP contribution in [0.5, 0.6) is 0 Å². The fraction of sp³-hybridized carbons (Fsp3) is 0.200. The van der Waals surface area contributed by atoms with E-state index in [2.05, 4.69) is 10.3 Å². The SMILES string of the molecule is CC[C@H](C(=O)NCc1ccccn1)n1c(=O)n(-c2ccc(F)c(Cl)c2)c(=O)c2cc(C)ccc21. The van der Waals surface area contributed by atoms with Crippen LogP contribution in [-0.2, 0) is 11.3 Å². The first-order chi connectivity index (χ1) is 16.3. The smallest absolute Gasteiger partial charge is 0.336 e. The lowest BCUT2D eigenvalue weighted by molar-refractivity contribution is -0.124. The summed E-state index contributed by atoms with van der Waals surface area (Å²) >= 11 is 5.92. The molecule has 34 heavy (non-hydrogen) atoms. The van der Waals surface area contributed by atoms with E-state index >= 15 is 0 Å².